The van der Waals surface area contributed by atoms with Crippen molar-refractivity contribution in [2.45, 2.75) is 44.1 Å². The molecule has 0 aliphatic heterocycles. The second kappa shape index (κ2) is 6.86. The van der Waals surface area contributed by atoms with Crippen molar-refractivity contribution in [1.82, 2.24) is 10.3 Å². The average molecular weight is 280 g/mol. The van der Waals surface area contributed by atoms with E-state index in [4.69, 9.17) is 0 Å². The normalized spacial score (nSPS) is 16.4. The molecule has 1 saturated carbocycles. The third-order valence-electron chi connectivity index (χ3n) is 4.74. The van der Waals surface area contributed by atoms with Crippen molar-refractivity contribution in [3.05, 3.63) is 65.5 Å². The number of rotatable bonds is 6. The molecule has 0 bridgehead atoms. The SMILES string of the molecule is CNC(CCc1ccncc1)c1ccccc1C1CCC1. The number of hydrogen-bond donors (Lipinski definition) is 1. The molecule has 1 atom stereocenters. The smallest absolute Gasteiger partial charge is 0.0323 e. The number of aromatic nitrogens is 1. The molecule has 2 heteroatoms. The lowest BCUT2D eigenvalue weighted by atomic mass is 9.76. The summed E-state index contributed by atoms with van der Waals surface area (Å²) in [6, 6.07) is 13.7. The van der Waals surface area contributed by atoms with Crippen LogP contribution in [0.2, 0.25) is 0 Å². The Bertz CT molecular complexity index is 561. The highest BCUT2D eigenvalue weighted by atomic mass is 14.9. The zero-order chi connectivity index (χ0) is 14.5. The number of benzene rings is 1. The third-order valence-corrected chi connectivity index (χ3v) is 4.74. The van der Waals surface area contributed by atoms with Gasteiger partial charge in [0.25, 0.3) is 0 Å². The quantitative estimate of drug-likeness (QED) is 0.856. The lowest BCUT2D eigenvalue weighted by Crippen LogP contribution is -2.21. The van der Waals surface area contributed by atoms with E-state index in [0.717, 1.165) is 18.8 Å². The average Bonchev–Trinajstić information content (AvgIpc) is 2.49. The second-order valence-corrected chi connectivity index (χ2v) is 5.99. The summed E-state index contributed by atoms with van der Waals surface area (Å²) in [7, 11) is 2.08. The van der Waals surface area contributed by atoms with Gasteiger partial charge in [0.05, 0.1) is 0 Å². The zero-order valence-corrected chi connectivity index (χ0v) is 12.8. The Balaban J connectivity index is 1.73. The van der Waals surface area contributed by atoms with Crippen molar-refractivity contribution in [1.29, 1.82) is 0 Å². The minimum atomic E-state index is 0.440. The molecule has 1 aromatic carbocycles. The first-order valence-corrected chi connectivity index (χ1v) is 8.03. The van der Waals surface area contributed by atoms with E-state index in [2.05, 4.69) is 53.7 Å². The largest absolute Gasteiger partial charge is 0.313 e. The summed E-state index contributed by atoms with van der Waals surface area (Å²) in [4.78, 5) is 4.09. The maximum atomic E-state index is 4.09. The first-order chi connectivity index (χ1) is 10.4. The van der Waals surface area contributed by atoms with Gasteiger partial charge in [-0.2, -0.15) is 0 Å². The number of hydrogen-bond acceptors (Lipinski definition) is 2. The summed E-state index contributed by atoms with van der Waals surface area (Å²) in [5, 5.41) is 3.52. The molecule has 1 N–H and O–H groups in total. The Morgan fingerprint density at radius 2 is 1.90 bits per heavy atom. The maximum Gasteiger partial charge on any atom is 0.0323 e. The molecule has 1 aliphatic carbocycles. The monoisotopic (exact) mass is 280 g/mol. The fourth-order valence-electron chi connectivity index (χ4n) is 3.24. The van der Waals surface area contributed by atoms with Crippen molar-refractivity contribution in [2.24, 2.45) is 0 Å². The minimum Gasteiger partial charge on any atom is -0.313 e. The Labute approximate surface area is 127 Å². The summed E-state index contributed by atoms with van der Waals surface area (Å²) in [6.07, 6.45) is 10.1. The second-order valence-electron chi connectivity index (χ2n) is 5.99. The van der Waals surface area contributed by atoms with Crippen LogP contribution < -0.4 is 5.32 Å². The number of nitrogens with one attached hydrogen (secondary N) is 1. The van der Waals surface area contributed by atoms with Crippen LogP contribution >= 0.6 is 0 Å². The van der Waals surface area contributed by atoms with E-state index in [1.807, 2.05) is 12.4 Å². The fourth-order valence-corrected chi connectivity index (χ4v) is 3.24. The molecule has 1 aromatic heterocycles. The Kier molecular flexibility index (Phi) is 4.66. The van der Waals surface area contributed by atoms with Crippen molar-refractivity contribution < 1.29 is 0 Å². The molecule has 1 unspecified atom stereocenters. The molecule has 1 fully saturated rings. The first-order valence-electron chi connectivity index (χ1n) is 8.03. The predicted molar refractivity (Wildman–Crippen MR) is 87.4 cm³/mol. The molecular weight excluding hydrogens is 256 g/mol. The minimum absolute atomic E-state index is 0.440. The Morgan fingerprint density at radius 3 is 2.57 bits per heavy atom. The van der Waals surface area contributed by atoms with Crippen molar-refractivity contribution in [2.75, 3.05) is 7.05 Å². The predicted octanol–water partition coefficient (Wildman–Crippen LogP) is 4.24. The molecule has 0 saturated heterocycles. The summed E-state index contributed by atoms with van der Waals surface area (Å²) < 4.78 is 0. The number of pyridine rings is 1. The van der Waals surface area contributed by atoms with E-state index in [-0.39, 0.29) is 0 Å². The van der Waals surface area contributed by atoms with Gasteiger partial charge in [-0.3, -0.25) is 4.98 Å². The van der Waals surface area contributed by atoms with Gasteiger partial charge < -0.3 is 5.32 Å². The molecule has 0 amide bonds. The van der Waals surface area contributed by atoms with Gasteiger partial charge in [0.15, 0.2) is 0 Å². The molecular formula is C19H24N2. The summed E-state index contributed by atoms with van der Waals surface area (Å²) in [6.45, 7) is 0. The van der Waals surface area contributed by atoms with Crippen molar-refractivity contribution >= 4 is 0 Å². The van der Waals surface area contributed by atoms with Crippen LogP contribution in [0.3, 0.4) is 0 Å². The highest BCUT2D eigenvalue weighted by Gasteiger charge is 2.24. The van der Waals surface area contributed by atoms with Crippen LogP contribution in [0.5, 0.6) is 0 Å². The van der Waals surface area contributed by atoms with E-state index in [9.17, 15) is 0 Å². The molecule has 3 rings (SSSR count). The Hall–Kier alpha value is -1.67. The lowest BCUT2D eigenvalue weighted by molar-refractivity contribution is 0.411. The summed E-state index contributed by atoms with van der Waals surface area (Å²) >= 11 is 0. The number of aryl methyl sites for hydroxylation is 1. The van der Waals surface area contributed by atoms with Crippen LogP contribution in [0, 0.1) is 0 Å². The number of nitrogens with zero attached hydrogens (tertiary/aromatic N) is 1. The molecule has 0 spiro atoms. The molecule has 110 valence electrons. The van der Waals surface area contributed by atoms with Gasteiger partial charge in [-0.05, 0) is 67.5 Å². The van der Waals surface area contributed by atoms with E-state index >= 15 is 0 Å². The lowest BCUT2D eigenvalue weighted by Gasteiger charge is -2.30. The van der Waals surface area contributed by atoms with Crippen LogP contribution in [-0.4, -0.2) is 12.0 Å². The van der Waals surface area contributed by atoms with Gasteiger partial charge in [0.2, 0.25) is 0 Å². The van der Waals surface area contributed by atoms with Crippen LogP contribution in [0.25, 0.3) is 0 Å². The topological polar surface area (TPSA) is 24.9 Å². The van der Waals surface area contributed by atoms with Crippen LogP contribution in [0.4, 0.5) is 0 Å². The maximum absolute atomic E-state index is 4.09. The molecule has 21 heavy (non-hydrogen) atoms. The van der Waals surface area contributed by atoms with Crippen LogP contribution in [0.15, 0.2) is 48.8 Å². The van der Waals surface area contributed by atoms with E-state index in [1.165, 1.54) is 30.4 Å². The van der Waals surface area contributed by atoms with Gasteiger partial charge in [0, 0.05) is 18.4 Å². The van der Waals surface area contributed by atoms with E-state index in [0.29, 0.717) is 6.04 Å². The van der Waals surface area contributed by atoms with Gasteiger partial charge in [-0.15, -0.1) is 0 Å². The van der Waals surface area contributed by atoms with E-state index < -0.39 is 0 Å². The van der Waals surface area contributed by atoms with Gasteiger partial charge >= 0.3 is 0 Å². The van der Waals surface area contributed by atoms with Crippen LogP contribution in [-0.2, 0) is 6.42 Å². The first kappa shape index (κ1) is 14.3. The Morgan fingerprint density at radius 1 is 1.14 bits per heavy atom. The van der Waals surface area contributed by atoms with E-state index in [1.54, 1.807) is 5.56 Å². The highest BCUT2D eigenvalue weighted by Crippen LogP contribution is 2.40. The zero-order valence-electron chi connectivity index (χ0n) is 12.8. The molecule has 1 heterocycles. The van der Waals surface area contributed by atoms with Gasteiger partial charge in [-0.1, -0.05) is 30.7 Å². The molecule has 2 aromatic rings. The fraction of sp³-hybridized carbons (Fsp3) is 0.421. The van der Waals surface area contributed by atoms with Gasteiger partial charge in [0.1, 0.15) is 0 Å². The molecule has 2 nitrogen and oxygen atoms in total. The van der Waals surface area contributed by atoms with Crippen LogP contribution in [0.1, 0.15) is 54.3 Å². The highest BCUT2D eigenvalue weighted by molar-refractivity contribution is 5.34. The molecule has 1 aliphatic rings. The summed E-state index contributed by atoms with van der Waals surface area (Å²) in [5.41, 5.74) is 4.43. The standard InChI is InChI=1S/C19H24N2/c1-20-19(10-9-15-11-13-21-14-12-15)18-8-3-2-7-17(18)16-5-4-6-16/h2-3,7-8,11-14,16,19-20H,4-6,9-10H2,1H3. The van der Waals surface area contributed by atoms with Crippen molar-refractivity contribution in [3.8, 4) is 0 Å². The van der Waals surface area contributed by atoms with Gasteiger partial charge in [-0.25, -0.2) is 0 Å². The molecule has 0 radical (unpaired) electrons. The third kappa shape index (κ3) is 3.33. The summed E-state index contributed by atoms with van der Waals surface area (Å²) in [5.74, 6) is 0.790. The van der Waals surface area contributed by atoms with Crippen molar-refractivity contribution in [3.63, 3.8) is 0 Å².